The third-order valence-corrected chi connectivity index (χ3v) is 12.7. The van der Waals surface area contributed by atoms with Crippen molar-refractivity contribution >= 4 is 13.8 Å². The number of carbonyl (C=O) groups excluding carboxylic acids is 1. The van der Waals surface area contributed by atoms with E-state index in [1.54, 1.807) is 0 Å². The quantitative estimate of drug-likeness (QED) is 0.0197. The Morgan fingerprint density at radius 3 is 1.34 bits per heavy atom. The number of phosphoric acid groups is 1. The minimum Gasteiger partial charge on any atom is -0.756 e. The van der Waals surface area contributed by atoms with Crippen LogP contribution in [0.4, 0.5) is 0 Å². The lowest BCUT2D eigenvalue weighted by Crippen LogP contribution is -2.37. The summed E-state index contributed by atoms with van der Waals surface area (Å²) < 4.78 is 34.8. The summed E-state index contributed by atoms with van der Waals surface area (Å²) in [7, 11) is 1.36. The predicted molar refractivity (Wildman–Crippen MR) is 264 cm³/mol. The molecule has 0 fully saturated rings. The molecule has 0 aliphatic carbocycles. The molecule has 0 radical (unpaired) electrons. The van der Waals surface area contributed by atoms with E-state index in [-0.39, 0.29) is 25.8 Å². The van der Waals surface area contributed by atoms with Crippen LogP contribution in [-0.4, -0.2) is 70.7 Å². The van der Waals surface area contributed by atoms with E-state index in [1.807, 2.05) is 21.1 Å². The van der Waals surface area contributed by atoms with Crippen LogP contribution in [0.5, 0.6) is 0 Å². The summed E-state index contributed by atoms with van der Waals surface area (Å²) in [5.74, 6) is -0.337. The summed E-state index contributed by atoms with van der Waals surface area (Å²) in [6.07, 6.45) is 54.9. The average Bonchev–Trinajstić information content (AvgIpc) is 3.23. The fourth-order valence-electron chi connectivity index (χ4n) is 7.64. The number of nitrogens with zero attached hydrogens (tertiary/aromatic N) is 1. The number of esters is 1. The number of likely N-dealkylation sites (N-methyl/N-ethyl adjacent to an activating group) is 1. The highest BCUT2D eigenvalue weighted by Crippen LogP contribution is 2.38. The Balaban J connectivity index is 4.07. The second kappa shape index (κ2) is 46.5. The van der Waals surface area contributed by atoms with Crippen molar-refractivity contribution in [3.8, 4) is 0 Å². The Labute approximate surface area is 385 Å². The largest absolute Gasteiger partial charge is 0.756 e. The molecule has 9 heteroatoms. The summed E-state index contributed by atoms with van der Waals surface area (Å²) in [5, 5.41) is 0. The second-order valence-corrected chi connectivity index (χ2v) is 20.7. The van der Waals surface area contributed by atoms with Crippen LogP contribution in [-0.2, 0) is 27.9 Å². The van der Waals surface area contributed by atoms with Crippen LogP contribution < -0.4 is 4.89 Å². The maximum Gasteiger partial charge on any atom is 0.306 e. The maximum atomic E-state index is 12.7. The number of unbranched alkanes of at least 4 members (excludes halogenated alkanes) is 32. The first-order valence-electron chi connectivity index (χ1n) is 26.6. The monoisotopic (exact) mass is 898 g/mol. The number of rotatable bonds is 50. The molecule has 0 aromatic heterocycles. The number of allylic oxidation sites excluding steroid dienone is 4. The summed E-state index contributed by atoms with van der Waals surface area (Å²) >= 11 is 0. The van der Waals surface area contributed by atoms with Gasteiger partial charge in [0, 0.05) is 13.0 Å². The van der Waals surface area contributed by atoms with E-state index in [4.69, 9.17) is 18.5 Å². The number of phosphoric ester groups is 1. The van der Waals surface area contributed by atoms with Crippen molar-refractivity contribution in [3.05, 3.63) is 24.3 Å². The summed E-state index contributed by atoms with van der Waals surface area (Å²) in [4.78, 5) is 25.2. The van der Waals surface area contributed by atoms with E-state index in [9.17, 15) is 14.3 Å². The molecule has 0 aliphatic heterocycles. The van der Waals surface area contributed by atoms with Crippen LogP contribution in [0.3, 0.4) is 0 Å². The van der Waals surface area contributed by atoms with Crippen molar-refractivity contribution < 1.29 is 37.3 Å². The number of quaternary nitrogens is 1. The van der Waals surface area contributed by atoms with Gasteiger partial charge in [0.05, 0.1) is 34.4 Å². The van der Waals surface area contributed by atoms with Gasteiger partial charge in [-0.1, -0.05) is 224 Å². The van der Waals surface area contributed by atoms with Crippen molar-refractivity contribution in [3.63, 3.8) is 0 Å². The molecule has 368 valence electrons. The van der Waals surface area contributed by atoms with Gasteiger partial charge >= 0.3 is 5.97 Å². The Morgan fingerprint density at radius 2 is 0.887 bits per heavy atom. The van der Waals surface area contributed by atoms with Crippen LogP contribution in [0.1, 0.15) is 251 Å². The minimum absolute atomic E-state index is 0.0267. The highest BCUT2D eigenvalue weighted by atomic mass is 31.2. The molecular formula is C53H104NO7P. The number of hydrogen-bond donors (Lipinski definition) is 0. The predicted octanol–water partition coefficient (Wildman–Crippen LogP) is 15.7. The summed E-state index contributed by atoms with van der Waals surface area (Å²) in [6, 6.07) is 0. The van der Waals surface area contributed by atoms with Crippen LogP contribution in [0.25, 0.3) is 0 Å². The van der Waals surface area contributed by atoms with E-state index in [0.29, 0.717) is 24.1 Å². The molecule has 0 amide bonds. The lowest BCUT2D eigenvalue weighted by Gasteiger charge is -2.28. The molecule has 0 aliphatic rings. The molecule has 0 rings (SSSR count). The normalized spacial score (nSPS) is 13.7. The van der Waals surface area contributed by atoms with Crippen molar-refractivity contribution in [2.24, 2.45) is 0 Å². The highest BCUT2D eigenvalue weighted by molar-refractivity contribution is 7.45. The Kier molecular flexibility index (Phi) is 45.7. The van der Waals surface area contributed by atoms with E-state index >= 15 is 0 Å². The molecule has 62 heavy (non-hydrogen) atoms. The van der Waals surface area contributed by atoms with Crippen molar-refractivity contribution in [1.82, 2.24) is 0 Å². The Morgan fingerprint density at radius 1 is 0.500 bits per heavy atom. The van der Waals surface area contributed by atoms with Crippen molar-refractivity contribution in [1.29, 1.82) is 0 Å². The van der Waals surface area contributed by atoms with Gasteiger partial charge in [-0.3, -0.25) is 9.36 Å². The van der Waals surface area contributed by atoms with Gasteiger partial charge in [-0.25, -0.2) is 0 Å². The van der Waals surface area contributed by atoms with Crippen molar-refractivity contribution in [2.45, 2.75) is 258 Å². The molecule has 0 spiro atoms. The minimum atomic E-state index is -4.53. The molecule has 2 unspecified atom stereocenters. The summed E-state index contributed by atoms with van der Waals surface area (Å²) in [6.45, 7) is 5.43. The maximum absolute atomic E-state index is 12.7. The molecule has 0 saturated carbocycles. The first kappa shape index (κ1) is 61.0. The van der Waals surface area contributed by atoms with Crippen LogP contribution in [0.15, 0.2) is 24.3 Å². The van der Waals surface area contributed by atoms with Gasteiger partial charge in [0.15, 0.2) is 0 Å². The zero-order valence-electron chi connectivity index (χ0n) is 41.8. The number of ether oxygens (including phenoxy) is 2. The fraction of sp³-hybridized carbons (Fsp3) is 0.906. The first-order valence-corrected chi connectivity index (χ1v) is 28.0. The smallest absolute Gasteiger partial charge is 0.306 e. The highest BCUT2D eigenvalue weighted by Gasteiger charge is 2.20. The zero-order chi connectivity index (χ0) is 45.5. The average molecular weight is 898 g/mol. The third-order valence-electron chi connectivity index (χ3n) is 11.8. The Hall–Kier alpha value is -1.02. The molecule has 2 atom stereocenters. The van der Waals surface area contributed by atoms with Gasteiger partial charge in [-0.15, -0.1) is 0 Å². The SMILES string of the molecule is CCCCC/C=C\C/C=C\CCCCCCCCCC(=O)OC(COCCCCCCCCCCCCCCCCCCCCCCCCC)COP(=O)([O-])OCC[N+](C)(C)C. The number of carbonyl (C=O) groups is 1. The molecule has 0 aromatic carbocycles. The first-order chi connectivity index (χ1) is 30.1. The van der Waals surface area contributed by atoms with Crippen LogP contribution in [0, 0.1) is 0 Å². The van der Waals surface area contributed by atoms with Crippen molar-refractivity contribution in [2.75, 3.05) is 54.1 Å². The molecule has 0 saturated heterocycles. The zero-order valence-corrected chi connectivity index (χ0v) is 42.7. The molecule has 0 bridgehead atoms. The van der Waals surface area contributed by atoms with Gasteiger partial charge < -0.3 is 27.9 Å². The lowest BCUT2D eigenvalue weighted by atomic mass is 10.0. The van der Waals surface area contributed by atoms with Gasteiger partial charge in [0.1, 0.15) is 19.3 Å². The number of hydrogen-bond acceptors (Lipinski definition) is 7. The van der Waals surface area contributed by atoms with E-state index < -0.39 is 13.9 Å². The Bertz CT molecular complexity index is 1050. The lowest BCUT2D eigenvalue weighted by molar-refractivity contribution is -0.870. The van der Waals surface area contributed by atoms with Gasteiger partial charge in [-0.2, -0.15) is 0 Å². The van der Waals surface area contributed by atoms with Gasteiger partial charge in [0.2, 0.25) is 0 Å². The van der Waals surface area contributed by atoms with Gasteiger partial charge in [-0.05, 0) is 44.9 Å². The fourth-order valence-corrected chi connectivity index (χ4v) is 8.37. The molecule has 0 N–H and O–H groups in total. The van der Waals surface area contributed by atoms with Gasteiger partial charge in [0.25, 0.3) is 7.82 Å². The summed E-state index contributed by atoms with van der Waals surface area (Å²) in [5.41, 5.74) is 0. The van der Waals surface area contributed by atoms with Crippen LogP contribution >= 0.6 is 7.82 Å². The molecule has 0 heterocycles. The van der Waals surface area contributed by atoms with Crippen LogP contribution in [0.2, 0.25) is 0 Å². The molecular weight excluding hydrogens is 794 g/mol. The second-order valence-electron chi connectivity index (χ2n) is 19.2. The molecule has 0 aromatic rings. The standard InChI is InChI=1S/C53H104NO7P/c1-6-8-10-12-14-16-18-20-22-24-25-26-27-28-29-31-33-35-37-39-41-43-45-48-58-50-52(51-60-62(56,57)59-49-47-54(3,4)5)61-53(55)46-44-42-40-38-36-34-32-30-23-21-19-17-15-13-11-9-7-2/h15,17,21,23,52H,6-14,16,18-20,22,24-51H2,1-5H3/b17-15-,23-21-. The topological polar surface area (TPSA) is 94.1 Å². The van der Waals surface area contributed by atoms with E-state index in [2.05, 4.69) is 38.2 Å². The molecule has 8 nitrogen and oxygen atoms in total. The van der Waals surface area contributed by atoms with E-state index in [1.165, 1.54) is 186 Å². The third kappa shape index (κ3) is 50.0. The van der Waals surface area contributed by atoms with E-state index in [0.717, 1.165) is 44.9 Å².